The van der Waals surface area contributed by atoms with E-state index in [-0.39, 0.29) is 31.3 Å². The number of piperidine rings is 2. The number of fused-ring (bicyclic) bond motifs is 3. The van der Waals surface area contributed by atoms with Crippen molar-refractivity contribution in [2.24, 2.45) is 22.7 Å². The Morgan fingerprint density at radius 3 is 2.00 bits per heavy atom. The highest BCUT2D eigenvalue weighted by atomic mass is 16.6. The number of carbonyl (C=O) groups is 3. The molecule has 5 aliphatic rings. The number of esters is 2. The molecule has 2 saturated carbocycles. The Bertz CT molecular complexity index is 1080. The molecule has 43 heavy (non-hydrogen) atoms. The van der Waals surface area contributed by atoms with E-state index in [0.29, 0.717) is 12.8 Å². The highest BCUT2D eigenvalue weighted by Gasteiger charge is 2.74. The van der Waals surface area contributed by atoms with Crippen LogP contribution in [0.3, 0.4) is 0 Å². The minimum Gasteiger partial charge on any atom is -0.461 e. The first-order valence-electron chi connectivity index (χ1n) is 16.6. The van der Waals surface area contributed by atoms with Gasteiger partial charge in [-0.05, 0) is 84.0 Å². The highest BCUT2D eigenvalue weighted by molar-refractivity contribution is 5.86. The second-order valence-corrected chi connectivity index (χ2v) is 15.3. The highest BCUT2D eigenvalue weighted by Crippen LogP contribution is 2.66. The van der Waals surface area contributed by atoms with Gasteiger partial charge >= 0.3 is 11.9 Å². The second kappa shape index (κ2) is 12.2. The lowest BCUT2D eigenvalue weighted by Gasteiger charge is -2.68. The molecule has 0 aromatic heterocycles. The number of rotatable bonds is 7. The van der Waals surface area contributed by atoms with Crippen molar-refractivity contribution in [2.75, 3.05) is 39.3 Å². The fraction of sp³-hybridized carbons (Fsp3) is 0.853. The first-order valence-corrected chi connectivity index (χ1v) is 16.6. The van der Waals surface area contributed by atoms with Crippen molar-refractivity contribution < 1.29 is 33.7 Å². The number of carbonyl (C=O) groups excluding carboxylic acids is 3. The van der Waals surface area contributed by atoms with Crippen LogP contribution >= 0.6 is 0 Å². The van der Waals surface area contributed by atoms with Gasteiger partial charge in [0.2, 0.25) is 0 Å². The molecule has 0 aromatic rings. The predicted molar refractivity (Wildman–Crippen MR) is 162 cm³/mol. The summed E-state index contributed by atoms with van der Waals surface area (Å²) < 4.78 is 19.3. The maximum absolute atomic E-state index is 14.4. The van der Waals surface area contributed by atoms with E-state index in [0.717, 1.165) is 58.3 Å². The van der Waals surface area contributed by atoms with Crippen molar-refractivity contribution in [2.45, 2.75) is 122 Å². The molecule has 9 nitrogen and oxygen atoms in total. The fourth-order valence-electron chi connectivity index (χ4n) is 9.73. The molecule has 8 atom stereocenters. The number of likely N-dealkylation sites (tertiary alicyclic amines) is 2. The molecular formula is C34H54N2O7. The maximum Gasteiger partial charge on any atom is 0.320 e. The van der Waals surface area contributed by atoms with Crippen molar-refractivity contribution in [3.8, 4) is 0 Å². The van der Waals surface area contributed by atoms with Crippen LogP contribution < -0.4 is 0 Å². The van der Waals surface area contributed by atoms with Gasteiger partial charge in [0.05, 0.1) is 30.7 Å². The van der Waals surface area contributed by atoms with Crippen LogP contribution in [0.5, 0.6) is 0 Å². The normalized spacial score (nSPS) is 41.9. The molecule has 242 valence electrons. The van der Waals surface area contributed by atoms with Crippen molar-refractivity contribution in [3.63, 3.8) is 0 Å². The largest absolute Gasteiger partial charge is 0.461 e. The predicted octanol–water partition coefficient (Wildman–Crippen LogP) is 3.91. The third-order valence-electron chi connectivity index (χ3n) is 11.5. The van der Waals surface area contributed by atoms with Gasteiger partial charge in [0, 0.05) is 17.8 Å². The quantitative estimate of drug-likeness (QED) is 0.343. The first kappa shape index (κ1) is 32.6. The average Bonchev–Trinajstić information content (AvgIpc) is 2.93. The van der Waals surface area contributed by atoms with Crippen LogP contribution in [-0.2, 0) is 28.6 Å². The van der Waals surface area contributed by atoms with Crippen LogP contribution in [0, 0.1) is 22.7 Å². The summed E-state index contributed by atoms with van der Waals surface area (Å²) in [5.41, 5.74) is -3.70. The molecule has 1 N–H and O–H groups in total. The van der Waals surface area contributed by atoms with E-state index >= 15 is 0 Å². The summed E-state index contributed by atoms with van der Waals surface area (Å²) in [6.07, 6.45) is 6.78. The molecule has 0 aromatic carbocycles. The van der Waals surface area contributed by atoms with E-state index in [2.05, 4.69) is 30.2 Å². The van der Waals surface area contributed by atoms with E-state index in [1.807, 2.05) is 13.8 Å². The summed E-state index contributed by atoms with van der Waals surface area (Å²) >= 11 is 0. The summed E-state index contributed by atoms with van der Waals surface area (Å²) in [4.78, 5) is 45.4. The van der Waals surface area contributed by atoms with Crippen molar-refractivity contribution >= 4 is 17.7 Å². The topological polar surface area (TPSA) is 106 Å². The van der Waals surface area contributed by atoms with Crippen LogP contribution in [0.25, 0.3) is 0 Å². The number of ether oxygens (including phenoxy) is 3. The lowest BCUT2D eigenvalue weighted by atomic mass is 9.41. The fourth-order valence-corrected chi connectivity index (χ4v) is 9.73. The molecular weight excluding hydrogens is 548 g/mol. The van der Waals surface area contributed by atoms with Crippen molar-refractivity contribution in [3.05, 3.63) is 12.7 Å². The van der Waals surface area contributed by atoms with Crippen molar-refractivity contribution in [1.82, 2.24) is 9.80 Å². The number of aliphatic hydroxyl groups is 1. The SMILES string of the molecule is C=C[C@@]1(C)CC(=O)[C@H]2[C@](C)(O1)[C@@H](OC(=O)CN1CCCCC1)[C@@H](O)[C@H]1C(C)(C)CC[C@H](OC(=O)CN3CCCCC3)[C@@]12C. The van der Waals surface area contributed by atoms with Gasteiger partial charge in [-0.15, -0.1) is 6.58 Å². The Morgan fingerprint density at radius 1 is 0.930 bits per heavy atom. The lowest BCUT2D eigenvalue weighted by molar-refractivity contribution is -0.322. The van der Waals surface area contributed by atoms with Crippen LogP contribution in [0.4, 0.5) is 0 Å². The Balaban J connectivity index is 1.50. The summed E-state index contributed by atoms with van der Waals surface area (Å²) in [6.45, 7) is 17.5. The summed E-state index contributed by atoms with van der Waals surface area (Å²) in [7, 11) is 0. The maximum atomic E-state index is 14.4. The minimum absolute atomic E-state index is 0.0394. The van der Waals surface area contributed by atoms with Crippen LogP contribution in [0.2, 0.25) is 0 Å². The van der Waals surface area contributed by atoms with Gasteiger partial charge in [0.25, 0.3) is 0 Å². The van der Waals surface area contributed by atoms with Crippen LogP contribution in [-0.4, -0.2) is 101 Å². The van der Waals surface area contributed by atoms with Gasteiger partial charge in [-0.2, -0.15) is 0 Å². The molecule has 0 radical (unpaired) electrons. The van der Waals surface area contributed by atoms with Gasteiger partial charge in [0.15, 0.2) is 6.10 Å². The number of aliphatic hydroxyl groups excluding tert-OH is 1. The standard InChI is InChI=1S/C34H54N2O7/c1-7-32(4)20-23(37)28-33(5)24(41-25(38)21-35-16-10-8-11-17-35)14-15-31(2,3)29(33)27(40)30(34(28,6)43-32)42-26(39)22-36-18-12-9-13-19-36/h7,24,27-30,40H,1,8-22H2,2-6H3/t24-,27-,28+,29-,30-,32-,33+,34-/m0/s1. The number of Topliss-reactive ketones (excluding diaryl/α,β-unsaturated/α-hetero) is 1. The summed E-state index contributed by atoms with van der Waals surface area (Å²) in [5.74, 6) is -2.00. The van der Waals surface area contributed by atoms with Crippen LogP contribution in [0.1, 0.15) is 92.4 Å². The van der Waals surface area contributed by atoms with E-state index in [1.165, 1.54) is 6.42 Å². The summed E-state index contributed by atoms with van der Waals surface area (Å²) in [6, 6.07) is 0. The molecule has 0 spiro atoms. The molecule has 3 aliphatic heterocycles. The van der Waals surface area contributed by atoms with Gasteiger partial charge in [0.1, 0.15) is 17.5 Å². The van der Waals surface area contributed by atoms with Gasteiger partial charge in [-0.3, -0.25) is 24.2 Å². The Morgan fingerprint density at radius 2 is 1.47 bits per heavy atom. The molecule has 3 saturated heterocycles. The smallest absolute Gasteiger partial charge is 0.320 e. The third kappa shape index (κ3) is 6.08. The molecule has 2 aliphatic carbocycles. The van der Waals surface area contributed by atoms with E-state index in [4.69, 9.17) is 14.2 Å². The molecule has 5 fully saturated rings. The Hall–Kier alpha value is -1.81. The Labute approximate surface area is 257 Å². The zero-order chi connectivity index (χ0) is 31.2. The number of nitrogens with zero attached hydrogens (tertiary/aromatic N) is 2. The molecule has 0 unspecified atom stereocenters. The zero-order valence-corrected chi connectivity index (χ0v) is 27.1. The van der Waals surface area contributed by atoms with Crippen molar-refractivity contribution in [1.29, 1.82) is 0 Å². The van der Waals surface area contributed by atoms with Gasteiger partial charge in [-0.1, -0.05) is 39.7 Å². The monoisotopic (exact) mass is 602 g/mol. The van der Waals surface area contributed by atoms with E-state index < -0.39 is 58.1 Å². The third-order valence-corrected chi connectivity index (χ3v) is 11.5. The van der Waals surface area contributed by atoms with Gasteiger partial charge < -0.3 is 19.3 Å². The van der Waals surface area contributed by atoms with E-state index in [1.54, 1.807) is 13.0 Å². The van der Waals surface area contributed by atoms with E-state index in [9.17, 15) is 19.5 Å². The van der Waals surface area contributed by atoms with Crippen LogP contribution in [0.15, 0.2) is 12.7 Å². The molecule has 0 amide bonds. The molecule has 3 heterocycles. The first-order chi connectivity index (χ1) is 20.2. The molecule has 9 heteroatoms. The number of hydrogen-bond acceptors (Lipinski definition) is 9. The molecule has 0 bridgehead atoms. The number of ketones is 1. The minimum atomic E-state index is -1.36. The Kier molecular flexibility index (Phi) is 9.23. The summed E-state index contributed by atoms with van der Waals surface area (Å²) in [5, 5.41) is 12.3. The second-order valence-electron chi connectivity index (χ2n) is 15.3. The molecule has 5 rings (SSSR count). The average molecular weight is 603 g/mol. The van der Waals surface area contributed by atoms with Gasteiger partial charge in [-0.25, -0.2) is 0 Å². The number of hydrogen-bond donors (Lipinski definition) is 1. The lowest BCUT2D eigenvalue weighted by Crippen LogP contribution is -2.78. The zero-order valence-electron chi connectivity index (χ0n) is 27.1.